The number of H-pyrrole nitrogens is 1. The molecular weight excluding hydrogens is 308 g/mol. The van der Waals surface area contributed by atoms with Crippen molar-refractivity contribution in [3.05, 3.63) is 47.8 Å². The number of carbonyl (C=O) groups excluding carboxylic acids is 2. The molecular formula is C17H22N4O3. The van der Waals surface area contributed by atoms with Crippen LogP contribution in [0.5, 0.6) is 0 Å². The lowest BCUT2D eigenvalue weighted by atomic mass is 10.1. The zero-order chi connectivity index (χ0) is 17.7. The third kappa shape index (κ3) is 5.12. The molecule has 1 aromatic heterocycles. The van der Waals surface area contributed by atoms with E-state index in [0.717, 1.165) is 5.69 Å². The van der Waals surface area contributed by atoms with Gasteiger partial charge in [0.15, 0.2) is 0 Å². The summed E-state index contributed by atoms with van der Waals surface area (Å²) in [6.07, 6.45) is 1.10. The van der Waals surface area contributed by atoms with Gasteiger partial charge in [0.1, 0.15) is 5.60 Å². The number of benzene rings is 1. The number of nitrogens with zero attached hydrogens (tertiary/aromatic N) is 1. The smallest absolute Gasteiger partial charge is 0.412 e. The van der Waals surface area contributed by atoms with Crippen molar-refractivity contribution in [2.24, 2.45) is 0 Å². The van der Waals surface area contributed by atoms with Gasteiger partial charge in [-0.1, -0.05) is 0 Å². The van der Waals surface area contributed by atoms with E-state index in [0.29, 0.717) is 11.3 Å². The van der Waals surface area contributed by atoms with Gasteiger partial charge in [0.2, 0.25) is 0 Å². The molecule has 0 fully saturated rings. The Hall–Kier alpha value is -2.83. The predicted molar refractivity (Wildman–Crippen MR) is 90.8 cm³/mol. The topological polar surface area (TPSA) is 96.1 Å². The highest BCUT2D eigenvalue weighted by Crippen LogP contribution is 2.14. The largest absolute Gasteiger partial charge is 0.444 e. The molecule has 0 aliphatic carbocycles. The normalized spacial score (nSPS) is 12.3. The number of carbonyl (C=O) groups is 2. The fraction of sp³-hybridized carbons (Fsp3) is 0.353. The van der Waals surface area contributed by atoms with Crippen LogP contribution in [-0.4, -0.2) is 27.8 Å². The molecule has 128 valence electrons. The van der Waals surface area contributed by atoms with Crippen molar-refractivity contribution < 1.29 is 14.3 Å². The number of anilines is 1. The molecule has 0 saturated carbocycles. The van der Waals surface area contributed by atoms with E-state index in [4.69, 9.17) is 4.74 Å². The fourth-order valence-electron chi connectivity index (χ4n) is 1.99. The second-order valence-electron chi connectivity index (χ2n) is 6.41. The van der Waals surface area contributed by atoms with Gasteiger partial charge in [-0.15, -0.1) is 0 Å². The number of hydrogen-bond donors (Lipinski definition) is 3. The maximum Gasteiger partial charge on any atom is 0.412 e. The molecule has 7 nitrogen and oxygen atoms in total. The molecule has 3 N–H and O–H groups in total. The maximum absolute atomic E-state index is 12.2. The van der Waals surface area contributed by atoms with Crippen LogP contribution in [0.3, 0.4) is 0 Å². The van der Waals surface area contributed by atoms with Gasteiger partial charge in [-0.2, -0.15) is 5.10 Å². The first-order valence-electron chi connectivity index (χ1n) is 7.65. The Labute approximate surface area is 140 Å². The zero-order valence-electron chi connectivity index (χ0n) is 14.2. The summed E-state index contributed by atoms with van der Waals surface area (Å²) in [5.41, 5.74) is 1.32. The third-order valence-corrected chi connectivity index (χ3v) is 3.13. The summed E-state index contributed by atoms with van der Waals surface area (Å²) in [6.45, 7) is 7.24. The molecule has 1 heterocycles. The third-order valence-electron chi connectivity index (χ3n) is 3.13. The number of hydrogen-bond acceptors (Lipinski definition) is 4. The van der Waals surface area contributed by atoms with Gasteiger partial charge in [-0.25, -0.2) is 4.79 Å². The number of ether oxygens (including phenoxy) is 1. The molecule has 0 radical (unpaired) electrons. The first-order valence-corrected chi connectivity index (χ1v) is 7.65. The van der Waals surface area contributed by atoms with Gasteiger partial charge < -0.3 is 10.1 Å². The number of aromatic nitrogens is 2. The van der Waals surface area contributed by atoms with E-state index < -0.39 is 11.7 Å². The maximum atomic E-state index is 12.2. The van der Waals surface area contributed by atoms with Crippen LogP contribution in [0.2, 0.25) is 0 Å². The van der Waals surface area contributed by atoms with E-state index >= 15 is 0 Å². The number of amides is 2. The van der Waals surface area contributed by atoms with Gasteiger partial charge >= 0.3 is 6.09 Å². The van der Waals surface area contributed by atoms with Gasteiger partial charge in [0, 0.05) is 17.4 Å². The van der Waals surface area contributed by atoms with Crippen LogP contribution < -0.4 is 10.6 Å². The zero-order valence-corrected chi connectivity index (χ0v) is 14.2. The number of nitrogens with one attached hydrogen (secondary N) is 3. The Balaban J connectivity index is 1.93. The van der Waals surface area contributed by atoms with Crippen LogP contribution in [-0.2, 0) is 4.74 Å². The van der Waals surface area contributed by atoms with Crippen LogP contribution in [0.1, 0.15) is 49.8 Å². The summed E-state index contributed by atoms with van der Waals surface area (Å²) in [6, 6.07) is 8.21. The molecule has 2 rings (SSSR count). The average molecular weight is 330 g/mol. The SMILES string of the molecule is CC(NC(=O)c1ccc(NC(=O)OC(C)(C)C)cc1)c1ccn[nH]1. The summed E-state index contributed by atoms with van der Waals surface area (Å²) < 4.78 is 5.17. The first kappa shape index (κ1) is 17.5. The summed E-state index contributed by atoms with van der Waals surface area (Å²) >= 11 is 0. The highest BCUT2D eigenvalue weighted by atomic mass is 16.6. The summed E-state index contributed by atoms with van der Waals surface area (Å²) in [5.74, 6) is -0.207. The lowest BCUT2D eigenvalue weighted by Gasteiger charge is -2.19. The van der Waals surface area contributed by atoms with Gasteiger partial charge in [0.05, 0.1) is 11.7 Å². The Bertz CT molecular complexity index is 688. The molecule has 1 aromatic carbocycles. The minimum Gasteiger partial charge on any atom is -0.444 e. The molecule has 0 bridgehead atoms. The van der Waals surface area contributed by atoms with Gasteiger partial charge in [0.25, 0.3) is 5.91 Å². The minimum absolute atomic E-state index is 0.181. The van der Waals surface area contributed by atoms with Crippen molar-refractivity contribution >= 4 is 17.7 Å². The number of rotatable bonds is 4. The molecule has 7 heteroatoms. The Kier molecular flexibility index (Phi) is 5.23. The minimum atomic E-state index is -0.563. The van der Waals surface area contributed by atoms with Crippen molar-refractivity contribution in [3.8, 4) is 0 Å². The average Bonchev–Trinajstić information content (AvgIpc) is 3.00. The first-order chi connectivity index (χ1) is 11.2. The van der Waals surface area contributed by atoms with Crippen molar-refractivity contribution in [2.75, 3.05) is 5.32 Å². The number of aromatic amines is 1. The highest BCUT2D eigenvalue weighted by Gasteiger charge is 2.16. The molecule has 24 heavy (non-hydrogen) atoms. The van der Waals surface area contributed by atoms with Crippen LogP contribution in [0.25, 0.3) is 0 Å². The van der Waals surface area contributed by atoms with Crippen LogP contribution in [0.15, 0.2) is 36.5 Å². The van der Waals surface area contributed by atoms with Crippen LogP contribution in [0, 0.1) is 0 Å². The van der Waals surface area contributed by atoms with E-state index in [1.54, 1.807) is 57.3 Å². The lowest BCUT2D eigenvalue weighted by molar-refractivity contribution is 0.0635. The van der Waals surface area contributed by atoms with Gasteiger partial charge in [-0.3, -0.25) is 15.2 Å². The lowest BCUT2D eigenvalue weighted by Crippen LogP contribution is -2.27. The fourth-order valence-corrected chi connectivity index (χ4v) is 1.99. The monoisotopic (exact) mass is 330 g/mol. The van der Waals surface area contributed by atoms with E-state index in [1.165, 1.54) is 0 Å². The second-order valence-corrected chi connectivity index (χ2v) is 6.41. The van der Waals surface area contributed by atoms with Crippen LogP contribution in [0.4, 0.5) is 10.5 Å². The van der Waals surface area contributed by atoms with E-state index in [9.17, 15) is 9.59 Å². The molecule has 0 aliphatic heterocycles. The van der Waals surface area contributed by atoms with Gasteiger partial charge in [-0.05, 0) is 58.0 Å². The Morgan fingerprint density at radius 1 is 1.17 bits per heavy atom. The Morgan fingerprint density at radius 3 is 2.38 bits per heavy atom. The molecule has 0 saturated heterocycles. The Morgan fingerprint density at radius 2 is 1.83 bits per heavy atom. The summed E-state index contributed by atoms with van der Waals surface area (Å²) in [5, 5.41) is 12.2. The van der Waals surface area contributed by atoms with E-state index in [1.807, 2.05) is 6.92 Å². The van der Waals surface area contributed by atoms with Crippen molar-refractivity contribution in [1.29, 1.82) is 0 Å². The predicted octanol–water partition coefficient (Wildman–Crippen LogP) is 3.25. The molecule has 2 aromatic rings. The second kappa shape index (κ2) is 7.16. The van der Waals surface area contributed by atoms with Crippen molar-refractivity contribution in [1.82, 2.24) is 15.5 Å². The summed E-state index contributed by atoms with van der Waals surface area (Å²) in [4.78, 5) is 23.9. The van der Waals surface area contributed by atoms with Crippen molar-refractivity contribution in [2.45, 2.75) is 39.3 Å². The molecule has 1 atom stereocenters. The van der Waals surface area contributed by atoms with E-state index in [-0.39, 0.29) is 11.9 Å². The molecule has 1 unspecified atom stereocenters. The van der Waals surface area contributed by atoms with E-state index in [2.05, 4.69) is 20.8 Å². The molecule has 0 aliphatic rings. The standard InChI is InChI=1S/C17H22N4O3/c1-11(14-9-10-18-21-14)19-15(22)12-5-7-13(8-6-12)20-16(23)24-17(2,3)4/h5-11H,1-4H3,(H,18,21)(H,19,22)(H,20,23). The quantitative estimate of drug-likeness (QED) is 0.802. The highest BCUT2D eigenvalue weighted by molar-refractivity contribution is 5.95. The van der Waals surface area contributed by atoms with Crippen molar-refractivity contribution in [3.63, 3.8) is 0 Å². The summed E-state index contributed by atoms with van der Waals surface area (Å²) in [7, 11) is 0. The molecule has 0 spiro atoms. The van der Waals surface area contributed by atoms with Crippen LogP contribution >= 0.6 is 0 Å². The molecule has 2 amide bonds.